The lowest BCUT2D eigenvalue weighted by atomic mass is 10.1. The number of carboxylic acid groups (broad SMARTS) is 1. The molecule has 0 saturated heterocycles. The van der Waals surface area contributed by atoms with Crippen molar-refractivity contribution in [1.29, 1.82) is 0 Å². The van der Waals surface area contributed by atoms with Gasteiger partial charge in [0.15, 0.2) is 0 Å². The Morgan fingerprint density at radius 2 is 1.95 bits per heavy atom. The summed E-state index contributed by atoms with van der Waals surface area (Å²) >= 11 is 1.38. The van der Waals surface area contributed by atoms with Crippen molar-refractivity contribution in [2.75, 3.05) is 18.2 Å². The van der Waals surface area contributed by atoms with Crippen LogP contribution in [0.5, 0.6) is 0 Å². The van der Waals surface area contributed by atoms with Crippen molar-refractivity contribution < 1.29 is 14.3 Å². The molecule has 0 unspecified atom stereocenters. The Hall–Kier alpha value is -2.01. The number of aromatic carboxylic acids is 1. The number of nitrogens with zero attached hydrogens (tertiary/aromatic N) is 1. The van der Waals surface area contributed by atoms with Crippen molar-refractivity contribution in [3.8, 4) is 0 Å². The van der Waals surface area contributed by atoms with Gasteiger partial charge in [0.05, 0.1) is 11.3 Å². The zero-order valence-corrected chi connectivity index (χ0v) is 12.7. The third-order valence-corrected chi connectivity index (χ3v) is 3.99. The molecule has 110 valence electrons. The monoisotopic (exact) mass is 305 g/mol. The Morgan fingerprint density at radius 3 is 2.57 bits per heavy atom. The van der Waals surface area contributed by atoms with Crippen LogP contribution in [0.25, 0.3) is 0 Å². The van der Waals surface area contributed by atoms with Gasteiger partial charge in [0, 0.05) is 24.1 Å². The molecule has 0 aliphatic carbocycles. The molecule has 2 aromatic carbocycles. The molecule has 0 saturated carbocycles. The molecule has 3 nitrogen and oxygen atoms in total. The molecule has 0 atom stereocenters. The molecule has 0 aliphatic rings. The molecule has 5 heteroatoms. The van der Waals surface area contributed by atoms with Crippen LogP contribution in [0.4, 0.5) is 10.1 Å². The van der Waals surface area contributed by atoms with Crippen molar-refractivity contribution in [2.45, 2.75) is 11.4 Å². The van der Waals surface area contributed by atoms with Crippen LogP contribution >= 0.6 is 11.8 Å². The number of rotatable bonds is 5. The molecule has 2 rings (SSSR count). The molecular weight excluding hydrogens is 289 g/mol. The number of carbonyl (C=O) groups is 1. The van der Waals surface area contributed by atoms with Gasteiger partial charge in [-0.3, -0.25) is 0 Å². The number of anilines is 1. The van der Waals surface area contributed by atoms with Crippen molar-refractivity contribution in [1.82, 2.24) is 0 Å². The molecule has 0 spiro atoms. The number of halogens is 1. The van der Waals surface area contributed by atoms with Gasteiger partial charge >= 0.3 is 5.97 Å². The van der Waals surface area contributed by atoms with Crippen LogP contribution in [0, 0.1) is 5.82 Å². The zero-order chi connectivity index (χ0) is 15.4. The smallest absolute Gasteiger partial charge is 0.338 e. The highest BCUT2D eigenvalue weighted by Gasteiger charge is 2.18. The fourth-order valence-corrected chi connectivity index (χ4v) is 2.80. The summed E-state index contributed by atoms with van der Waals surface area (Å²) in [4.78, 5) is 14.0. The first-order valence-corrected chi connectivity index (χ1v) is 7.62. The third-order valence-electron chi connectivity index (χ3n) is 3.21. The second kappa shape index (κ2) is 6.63. The van der Waals surface area contributed by atoms with Crippen LogP contribution < -0.4 is 4.90 Å². The van der Waals surface area contributed by atoms with Crippen LogP contribution in [-0.4, -0.2) is 24.4 Å². The van der Waals surface area contributed by atoms with Gasteiger partial charge in [-0.2, -0.15) is 0 Å². The molecule has 0 fully saturated rings. The molecular formula is C16H16FNO2S. The average Bonchev–Trinajstić information content (AvgIpc) is 2.48. The van der Waals surface area contributed by atoms with E-state index >= 15 is 0 Å². The largest absolute Gasteiger partial charge is 0.478 e. The maximum absolute atomic E-state index is 13.7. The molecule has 0 amide bonds. The summed E-state index contributed by atoms with van der Waals surface area (Å²) in [5, 5.41) is 9.43. The molecule has 0 aliphatic heterocycles. The Labute approximate surface area is 127 Å². The number of benzene rings is 2. The standard InChI is InChI=1S/C16H16FNO2S/c1-18(10-11-6-3-4-7-12(11)17)13-8-5-9-14(21-2)15(13)16(19)20/h3-9H,10H2,1-2H3,(H,19,20). The van der Waals surface area contributed by atoms with Gasteiger partial charge in [-0.05, 0) is 24.5 Å². The van der Waals surface area contributed by atoms with Gasteiger partial charge < -0.3 is 10.0 Å². The van der Waals surface area contributed by atoms with Gasteiger partial charge in [-0.15, -0.1) is 11.8 Å². The minimum atomic E-state index is -0.977. The SMILES string of the molecule is CSc1cccc(N(C)Cc2ccccc2F)c1C(=O)O. The predicted octanol–water partition coefficient (Wildman–Crippen LogP) is 3.88. The second-order valence-electron chi connectivity index (χ2n) is 4.61. The number of hydrogen-bond donors (Lipinski definition) is 1. The maximum Gasteiger partial charge on any atom is 0.338 e. The van der Waals surface area contributed by atoms with E-state index < -0.39 is 5.97 Å². The molecule has 2 aromatic rings. The highest BCUT2D eigenvalue weighted by atomic mass is 32.2. The van der Waals surface area contributed by atoms with E-state index in [0.29, 0.717) is 22.7 Å². The van der Waals surface area contributed by atoms with Crippen LogP contribution in [0.1, 0.15) is 15.9 Å². The van der Waals surface area contributed by atoms with Gasteiger partial charge in [0.1, 0.15) is 5.82 Å². The summed E-state index contributed by atoms with van der Waals surface area (Å²) < 4.78 is 13.7. The van der Waals surface area contributed by atoms with E-state index in [4.69, 9.17) is 0 Å². The maximum atomic E-state index is 13.7. The third kappa shape index (κ3) is 3.36. The van der Waals surface area contributed by atoms with E-state index in [-0.39, 0.29) is 11.4 Å². The van der Waals surface area contributed by atoms with Gasteiger partial charge in [-0.1, -0.05) is 24.3 Å². The lowest BCUT2D eigenvalue weighted by Crippen LogP contribution is -2.20. The van der Waals surface area contributed by atoms with E-state index in [9.17, 15) is 14.3 Å². The first-order chi connectivity index (χ1) is 10.0. The quantitative estimate of drug-likeness (QED) is 0.851. The lowest BCUT2D eigenvalue weighted by Gasteiger charge is -2.22. The summed E-state index contributed by atoms with van der Waals surface area (Å²) in [6, 6.07) is 11.8. The predicted molar refractivity (Wildman–Crippen MR) is 83.7 cm³/mol. The summed E-state index contributed by atoms with van der Waals surface area (Å²) in [6.07, 6.45) is 1.84. The highest BCUT2D eigenvalue weighted by Crippen LogP contribution is 2.30. The minimum absolute atomic E-state index is 0.254. The van der Waals surface area contributed by atoms with Crippen molar-refractivity contribution >= 4 is 23.4 Å². The summed E-state index contributed by atoms with van der Waals surface area (Å²) in [5.41, 5.74) is 1.37. The van der Waals surface area contributed by atoms with Gasteiger partial charge in [-0.25, -0.2) is 9.18 Å². The summed E-state index contributed by atoms with van der Waals surface area (Å²) in [5.74, 6) is -1.27. The molecule has 0 aromatic heterocycles. The molecule has 0 radical (unpaired) electrons. The summed E-state index contributed by atoms with van der Waals surface area (Å²) in [6.45, 7) is 0.310. The Kier molecular flexibility index (Phi) is 4.85. The Morgan fingerprint density at radius 1 is 1.24 bits per heavy atom. The van der Waals surface area contributed by atoms with Crippen molar-refractivity contribution in [3.05, 3.63) is 59.4 Å². The van der Waals surface area contributed by atoms with E-state index in [2.05, 4.69) is 0 Å². The molecule has 0 heterocycles. The Bertz CT molecular complexity index is 660. The molecule has 0 bridgehead atoms. The molecule has 1 N–H and O–H groups in total. The van der Waals surface area contributed by atoms with Crippen LogP contribution in [0.2, 0.25) is 0 Å². The van der Waals surface area contributed by atoms with Gasteiger partial charge in [0.2, 0.25) is 0 Å². The normalized spacial score (nSPS) is 10.4. The Balaban J connectivity index is 2.37. The van der Waals surface area contributed by atoms with Crippen LogP contribution in [0.3, 0.4) is 0 Å². The lowest BCUT2D eigenvalue weighted by molar-refractivity contribution is 0.0694. The van der Waals surface area contributed by atoms with E-state index in [1.165, 1.54) is 17.8 Å². The first kappa shape index (κ1) is 15.4. The van der Waals surface area contributed by atoms with E-state index in [1.54, 1.807) is 42.3 Å². The number of carboxylic acids is 1. The van der Waals surface area contributed by atoms with Crippen LogP contribution in [-0.2, 0) is 6.54 Å². The summed E-state index contributed by atoms with van der Waals surface area (Å²) in [7, 11) is 1.76. The highest BCUT2D eigenvalue weighted by molar-refractivity contribution is 7.98. The fourth-order valence-electron chi connectivity index (χ4n) is 2.19. The van der Waals surface area contributed by atoms with Crippen molar-refractivity contribution in [3.63, 3.8) is 0 Å². The molecule has 21 heavy (non-hydrogen) atoms. The van der Waals surface area contributed by atoms with E-state index in [0.717, 1.165) is 0 Å². The van der Waals surface area contributed by atoms with Crippen LogP contribution in [0.15, 0.2) is 47.4 Å². The number of hydrogen-bond acceptors (Lipinski definition) is 3. The second-order valence-corrected chi connectivity index (χ2v) is 5.46. The fraction of sp³-hybridized carbons (Fsp3) is 0.188. The van der Waals surface area contributed by atoms with Gasteiger partial charge in [0.25, 0.3) is 0 Å². The zero-order valence-electron chi connectivity index (χ0n) is 11.8. The van der Waals surface area contributed by atoms with Crippen molar-refractivity contribution in [2.24, 2.45) is 0 Å². The number of thioether (sulfide) groups is 1. The average molecular weight is 305 g/mol. The minimum Gasteiger partial charge on any atom is -0.478 e. The topological polar surface area (TPSA) is 40.5 Å². The first-order valence-electron chi connectivity index (χ1n) is 6.39. The van der Waals surface area contributed by atoms with E-state index in [1.807, 2.05) is 12.3 Å².